The molecule has 420 valence electrons. The van der Waals surface area contributed by atoms with E-state index in [0.29, 0.717) is 0 Å². The molecule has 10 heterocycles. The maximum absolute atomic E-state index is 4.17. The Hall–Kier alpha value is -9.06. The van der Waals surface area contributed by atoms with E-state index in [4.69, 9.17) is 0 Å². The molecule has 10 rings (SSSR count). The maximum atomic E-state index is 4.17. The first-order chi connectivity index (χ1) is 37.9. The standard InChI is InChI=1S/3C7H9N.6C6H8N2.C5H7N3/c2*1-6-3-4-7(2)8-5-6;1-6-4-3-5-7(2)8-6;2*1-5-3-8-6(2)4-7-5;1-5-3-7-4-6(2)8-5;1-5-3-7-6(2)8-4-5;2*1-5-3-4-7-6(2)8-5;1-4-6-3-7-5(2)8-4/h3*3-5H,1-2H3;6*3-4H,1-2H3;3H,1-2H3. The number of rotatable bonds is 0. The van der Waals surface area contributed by atoms with Crippen LogP contribution < -0.4 is 0 Å². The van der Waals surface area contributed by atoms with Gasteiger partial charge >= 0.3 is 0 Å². The summed E-state index contributed by atoms with van der Waals surface area (Å²) in [5, 5.41) is 0. The summed E-state index contributed by atoms with van der Waals surface area (Å²) in [6, 6.07) is 17.9. The second-order valence-corrected chi connectivity index (χ2v) is 18.2. The van der Waals surface area contributed by atoms with E-state index in [1.807, 2.05) is 206 Å². The molecule has 0 aliphatic heterocycles. The zero-order valence-electron chi connectivity index (χ0n) is 50.8. The molecular weight excluding hydrogens is 997 g/mol. The summed E-state index contributed by atoms with van der Waals surface area (Å²) >= 11 is 0. The lowest BCUT2D eigenvalue weighted by molar-refractivity contribution is 0.920. The van der Waals surface area contributed by atoms with E-state index >= 15 is 0 Å². The molecule has 0 bridgehead atoms. The van der Waals surface area contributed by atoms with Crippen LogP contribution in [0.3, 0.4) is 0 Å². The molecule has 0 amide bonds. The van der Waals surface area contributed by atoms with Crippen LogP contribution in [0.25, 0.3) is 0 Å². The Labute approximate surface area is 475 Å². The van der Waals surface area contributed by atoms with E-state index in [1.165, 1.54) is 17.5 Å². The van der Waals surface area contributed by atoms with Crippen LogP contribution in [0.5, 0.6) is 0 Å². The van der Waals surface area contributed by atoms with Gasteiger partial charge in [0, 0.05) is 109 Å². The van der Waals surface area contributed by atoms with Crippen LogP contribution in [-0.4, -0.2) is 89.7 Å². The first-order valence-electron chi connectivity index (χ1n) is 25.7. The van der Waals surface area contributed by atoms with E-state index in [9.17, 15) is 0 Å². The SMILES string of the molecule is Cc1ccc(C)nc1.Cc1ccc(C)nc1.Cc1cccc(C)n1.Cc1ccnc(C)n1.Cc1ccnc(C)n1.Cc1cnc(C)cn1.Cc1cnc(C)cn1.Cc1cnc(C)nc1.Cc1cncc(C)n1.Cc1ncnc(C)n1. The Morgan fingerprint density at radius 3 is 0.738 bits per heavy atom. The monoisotopic (exact) mass is 1080 g/mol. The van der Waals surface area contributed by atoms with Gasteiger partial charge in [0.05, 0.1) is 34.2 Å². The minimum atomic E-state index is 0.775. The van der Waals surface area contributed by atoms with Gasteiger partial charge < -0.3 is 0 Å². The third-order valence-electron chi connectivity index (χ3n) is 9.39. The van der Waals surface area contributed by atoms with Crippen molar-refractivity contribution in [2.45, 2.75) is 138 Å². The van der Waals surface area contributed by atoms with Crippen LogP contribution in [-0.2, 0) is 0 Å². The lowest BCUT2D eigenvalue weighted by Crippen LogP contribution is -1.91. The number of hydrogen-bond acceptors (Lipinski definition) is 18. The normalized spacial score (nSPS) is 9.25. The molecule has 0 N–H and O–H groups in total. The molecule has 0 fully saturated rings. The molecule has 0 radical (unpaired) electrons. The van der Waals surface area contributed by atoms with Crippen molar-refractivity contribution in [1.82, 2.24) is 89.7 Å². The van der Waals surface area contributed by atoms with E-state index in [-0.39, 0.29) is 0 Å². The van der Waals surface area contributed by atoms with Crippen LogP contribution in [0.4, 0.5) is 0 Å². The number of aryl methyl sites for hydroxylation is 20. The third kappa shape index (κ3) is 38.5. The summed E-state index contributed by atoms with van der Waals surface area (Å²) < 4.78 is 0. The quantitative estimate of drug-likeness (QED) is 0.137. The van der Waals surface area contributed by atoms with Crippen molar-refractivity contribution in [3.05, 3.63) is 249 Å². The van der Waals surface area contributed by atoms with E-state index in [0.717, 1.165) is 103 Å². The molecule has 0 atom stereocenters. The Balaban J connectivity index is 0.000000444. The maximum Gasteiger partial charge on any atom is 0.129 e. The van der Waals surface area contributed by atoms with Crippen molar-refractivity contribution in [3.8, 4) is 0 Å². The van der Waals surface area contributed by atoms with E-state index in [1.54, 1.807) is 49.6 Å². The van der Waals surface area contributed by atoms with Crippen LogP contribution >= 0.6 is 0 Å². The predicted molar refractivity (Wildman–Crippen MR) is 319 cm³/mol. The zero-order valence-corrected chi connectivity index (χ0v) is 50.8. The molecule has 18 nitrogen and oxygen atoms in total. The molecule has 0 spiro atoms. The van der Waals surface area contributed by atoms with Gasteiger partial charge in [-0.1, -0.05) is 18.2 Å². The highest BCUT2D eigenvalue weighted by atomic mass is 15.0. The van der Waals surface area contributed by atoms with Gasteiger partial charge in [0.2, 0.25) is 0 Å². The molecule has 18 heteroatoms. The minimum absolute atomic E-state index is 0.775. The number of hydrogen-bond donors (Lipinski definition) is 0. The van der Waals surface area contributed by atoms with Crippen molar-refractivity contribution in [1.29, 1.82) is 0 Å². The first-order valence-corrected chi connectivity index (χ1v) is 25.7. The van der Waals surface area contributed by atoms with E-state index in [2.05, 4.69) is 102 Å². The molecule has 0 unspecified atom stereocenters. The average molecular weight is 1080 g/mol. The van der Waals surface area contributed by atoms with Gasteiger partial charge in [-0.3, -0.25) is 44.9 Å². The first kappa shape index (κ1) is 69.0. The predicted octanol–water partition coefficient (Wildman–Crippen LogP) is 12.1. The van der Waals surface area contributed by atoms with Crippen LogP contribution in [0.2, 0.25) is 0 Å². The second-order valence-electron chi connectivity index (χ2n) is 18.2. The lowest BCUT2D eigenvalue weighted by atomic mass is 10.3. The van der Waals surface area contributed by atoms with Gasteiger partial charge in [0.15, 0.2) is 0 Å². The van der Waals surface area contributed by atoms with Gasteiger partial charge in [0.1, 0.15) is 35.4 Å². The topological polar surface area (TPSA) is 232 Å². The highest BCUT2D eigenvalue weighted by molar-refractivity contribution is 5.12. The summed E-state index contributed by atoms with van der Waals surface area (Å²) in [5.74, 6) is 4.06. The van der Waals surface area contributed by atoms with Crippen LogP contribution in [0.1, 0.15) is 114 Å². The van der Waals surface area contributed by atoms with Gasteiger partial charge in [0.25, 0.3) is 0 Å². The van der Waals surface area contributed by atoms with Crippen LogP contribution in [0.15, 0.2) is 135 Å². The van der Waals surface area contributed by atoms with Crippen LogP contribution in [0, 0.1) is 138 Å². The Morgan fingerprint density at radius 1 is 0.200 bits per heavy atom. The summed E-state index contributed by atoms with van der Waals surface area (Å²) in [6.07, 6.45) is 22.9. The average Bonchev–Trinajstić information content (AvgIpc) is 3.40. The van der Waals surface area contributed by atoms with Crippen molar-refractivity contribution >= 4 is 0 Å². The summed E-state index contributed by atoms with van der Waals surface area (Å²) in [5.41, 5.74) is 15.8. The molecule has 0 saturated carbocycles. The van der Waals surface area contributed by atoms with Crippen molar-refractivity contribution < 1.29 is 0 Å². The molecule has 0 saturated heterocycles. The lowest BCUT2D eigenvalue weighted by Gasteiger charge is -1.90. The van der Waals surface area contributed by atoms with Crippen molar-refractivity contribution in [2.75, 3.05) is 0 Å². The van der Waals surface area contributed by atoms with Gasteiger partial charge in [-0.25, -0.2) is 44.9 Å². The second kappa shape index (κ2) is 40.2. The summed E-state index contributed by atoms with van der Waals surface area (Å²) in [4.78, 5) is 71.9. The summed E-state index contributed by atoms with van der Waals surface area (Å²) in [7, 11) is 0. The zero-order chi connectivity index (χ0) is 59.8. The van der Waals surface area contributed by atoms with Crippen molar-refractivity contribution in [3.63, 3.8) is 0 Å². The highest BCUT2D eigenvalue weighted by Gasteiger charge is 1.89. The molecule has 0 aromatic carbocycles. The molecule has 0 aliphatic carbocycles. The van der Waals surface area contributed by atoms with Gasteiger partial charge in [-0.05, 0) is 192 Å². The fourth-order valence-electron chi connectivity index (χ4n) is 5.36. The molecule has 0 aliphatic rings. The van der Waals surface area contributed by atoms with Crippen molar-refractivity contribution in [2.24, 2.45) is 0 Å². The Kier molecular flexibility index (Phi) is 34.6. The Bertz CT molecular complexity index is 2500. The van der Waals surface area contributed by atoms with E-state index < -0.39 is 0 Å². The third-order valence-corrected chi connectivity index (χ3v) is 9.39. The number of nitrogens with zero attached hydrogens (tertiary/aromatic N) is 18. The molecule has 10 aromatic heterocycles. The smallest absolute Gasteiger partial charge is 0.129 e. The Morgan fingerprint density at radius 2 is 0.525 bits per heavy atom. The van der Waals surface area contributed by atoms with Gasteiger partial charge in [-0.15, -0.1) is 0 Å². The van der Waals surface area contributed by atoms with Gasteiger partial charge in [-0.2, -0.15) is 0 Å². The summed E-state index contributed by atoms with van der Waals surface area (Å²) in [6.45, 7) is 38.8. The fourth-order valence-corrected chi connectivity index (χ4v) is 5.36. The largest absolute Gasteiger partial charge is 0.261 e. The molecular formula is C62H82N18. The fraction of sp³-hybridized carbons (Fsp3) is 0.323. The molecule has 10 aromatic rings. The number of aromatic nitrogens is 18. The molecule has 80 heavy (non-hydrogen) atoms. The number of pyridine rings is 3. The highest BCUT2D eigenvalue weighted by Crippen LogP contribution is 1.98. The minimum Gasteiger partial charge on any atom is -0.261 e.